The van der Waals surface area contributed by atoms with Crippen molar-refractivity contribution >= 4 is 17.5 Å². The largest absolute Gasteiger partial charge is 0.353 e. The molecular formula is C21H29N3O2. The number of aryl methyl sites for hydroxylation is 1. The van der Waals surface area contributed by atoms with Crippen molar-refractivity contribution in [3.8, 4) is 0 Å². The third-order valence-electron chi connectivity index (χ3n) is 6.30. The maximum absolute atomic E-state index is 12.7. The summed E-state index contributed by atoms with van der Waals surface area (Å²) in [4.78, 5) is 29.6. The van der Waals surface area contributed by atoms with Crippen LogP contribution in [-0.2, 0) is 9.59 Å². The van der Waals surface area contributed by atoms with Gasteiger partial charge in [0, 0.05) is 43.8 Å². The van der Waals surface area contributed by atoms with Crippen LogP contribution in [0.15, 0.2) is 18.2 Å². The number of nitrogens with one attached hydrogen (secondary N) is 1. The number of nitrogens with zero attached hydrogens (tertiary/aromatic N) is 2. The van der Waals surface area contributed by atoms with E-state index < -0.39 is 0 Å². The van der Waals surface area contributed by atoms with Crippen molar-refractivity contribution < 1.29 is 9.59 Å². The lowest BCUT2D eigenvalue weighted by Gasteiger charge is -2.32. The SMILES string of the molecule is Cc1cccc(N2CC(C(=O)NC3CCN(C4CC4)CC3)CC2=O)c1C. The summed E-state index contributed by atoms with van der Waals surface area (Å²) in [6.07, 6.45) is 5.07. The van der Waals surface area contributed by atoms with E-state index in [1.54, 1.807) is 4.90 Å². The number of rotatable bonds is 4. The van der Waals surface area contributed by atoms with Gasteiger partial charge in [-0.3, -0.25) is 9.59 Å². The Morgan fingerprint density at radius 1 is 1.12 bits per heavy atom. The van der Waals surface area contributed by atoms with Crippen LogP contribution >= 0.6 is 0 Å². The number of anilines is 1. The van der Waals surface area contributed by atoms with Gasteiger partial charge in [0.25, 0.3) is 0 Å². The second-order valence-corrected chi connectivity index (χ2v) is 8.17. The van der Waals surface area contributed by atoms with Gasteiger partial charge in [-0.1, -0.05) is 12.1 Å². The van der Waals surface area contributed by atoms with E-state index in [-0.39, 0.29) is 23.8 Å². The van der Waals surface area contributed by atoms with Crippen molar-refractivity contribution in [1.29, 1.82) is 0 Å². The zero-order chi connectivity index (χ0) is 18.3. The Labute approximate surface area is 155 Å². The third-order valence-corrected chi connectivity index (χ3v) is 6.30. The average Bonchev–Trinajstić information content (AvgIpc) is 3.40. The smallest absolute Gasteiger partial charge is 0.227 e. The second-order valence-electron chi connectivity index (χ2n) is 8.17. The lowest BCUT2D eigenvalue weighted by Crippen LogP contribution is -2.47. The highest BCUT2D eigenvalue weighted by molar-refractivity contribution is 6.01. The van der Waals surface area contributed by atoms with Crippen molar-refractivity contribution in [3.63, 3.8) is 0 Å². The highest BCUT2D eigenvalue weighted by atomic mass is 16.2. The number of piperidine rings is 1. The van der Waals surface area contributed by atoms with Crippen LogP contribution in [0.2, 0.25) is 0 Å². The summed E-state index contributed by atoms with van der Waals surface area (Å²) in [5.74, 6) is -0.123. The van der Waals surface area contributed by atoms with E-state index in [1.165, 1.54) is 18.4 Å². The molecule has 5 nitrogen and oxygen atoms in total. The molecule has 4 rings (SSSR count). The summed E-state index contributed by atoms with van der Waals surface area (Å²) in [5.41, 5.74) is 3.24. The van der Waals surface area contributed by atoms with E-state index in [2.05, 4.69) is 23.2 Å². The first kappa shape index (κ1) is 17.5. The minimum Gasteiger partial charge on any atom is -0.353 e. The number of carbonyl (C=O) groups excluding carboxylic acids is 2. The Hall–Kier alpha value is -1.88. The molecule has 2 heterocycles. The van der Waals surface area contributed by atoms with Gasteiger partial charge in [0.2, 0.25) is 11.8 Å². The Morgan fingerprint density at radius 3 is 2.54 bits per heavy atom. The zero-order valence-electron chi connectivity index (χ0n) is 15.8. The fraction of sp³-hybridized carbons (Fsp3) is 0.619. The summed E-state index contributed by atoms with van der Waals surface area (Å²) >= 11 is 0. The molecule has 1 atom stereocenters. The number of amides is 2. The van der Waals surface area contributed by atoms with Crippen LogP contribution < -0.4 is 10.2 Å². The number of hydrogen-bond acceptors (Lipinski definition) is 3. The molecule has 2 amide bonds. The average molecular weight is 355 g/mol. The first-order valence-corrected chi connectivity index (χ1v) is 9.94. The van der Waals surface area contributed by atoms with Gasteiger partial charge < -0.3 is 15.1 Å². The summed E-state index contributed by atoms with van der Waals surface area (Å²) < 4.78 is 0. The molecule has 1 aromatic carbocycles. The molecule has 3 aliphatic rings. The summed E-state index contributed by atoms with van der Waals surface area (Å²) in [5, 5.41) is 3.21. The number of carbonyl (C=O) groups is 2. The molecule has 5 heteroatoms. The first-order valence-electron chi connectivity index (χ1n) is 9.94. The monoisotopic (exact) mass is 355 g/mol. The standard InChI is InChI=1S/C21H29N3O2/c1-14-4-3-5-19(15(14)2)24-13-16(12-20(24)25)21(26)22-17-8-10-23(11-9-17)18-6-7-18/h3-5,16-18H,6-13H2,1-2H3,(H,22,26). The van der Waals surface area contributed by atoms with Gasteiger partial charge in [-0.25, -0.2) is 0 Å². The van der Waals surface area contributed by atoms with Gasteiger partial charge in [-0.15, -0.1) is 0 Å². The minimum atomic E-state index is -0.233. The molecule has 1 saturated carbocycles. The summed E-state index contributed by atoms with van der Waals surface area (Å²) in [7, 11) is 0. The van der Waals surface area contributed by atoms with Gasteiger partial charge in [0.1, 0.15) is 0 Å². The van der Waals surface area contributed by atoms with Gasteiger partial charge in [0.05, 0.1) is 5.92 Å². The van der Waals surface area contributed by atoms with E-state index in [1.807, 2.05) is 19.1 Å². The maximum atomic E-state index is 12.7. The predicted octanol–water partition coefficient (Wildman–Crippen LogP) is 2.40. The van der Waals surface area contributed by atoms with Crippen LogP contribution in [0, 0.1) is 19.8 Å². The van der Waals surface area contributed by atoms with Crippen LogP contribution in [0.3, 0.4) is 0 Å². The topological polar surface area (TPSA) is 52.7 Å². The van der Waals surface area contributed by atoms with Gasteiger partial charge in [-0.05, 0) is 56.7 Å². The second kappa shape index (κ2) is 7.03. The fourth-order valence-corrected chi connectivity index (χ4v) is 4.31. The molecule has 1 aliphatic carbocycles. The van der Waals surface area contributed by atoms with Crippen molar-refractivity contribution in [1.82, 2.24) is 10.2 Å². The first-order chi connectivity index (χ1) is 12.5. The van der Waals surface area contributed by atoms with Crippen LogP contribution in [0.4, 0.5) is 5.69 Å². The van der Waals surface area contributed by atoms with E-state index in [0.29, 0.717) is 13.0 Å². The van der Waals surface area contributed by atoms with Gasteiger partial charge in [-0.2, -0.15) is 0 Å². The highest BCUT2D eigenvalue weighted by Crippen LogP contribution is 2.31. The predicted molar refractivity (Wildman–Crippen MR) is 102 cm³/mol. The van der Waals surface area contributed by atoms with Gasteiger partial charge in [0.15, 0.2) is 0 Å². The van der Waals surface area contributed by atoms with E-state index in [0.717, 1.165) is 43.2 Å². The molecule has 140 valence electrons. The molecule has 1 unspecified atom stereocenters. The van der Waals surface area contributed by atoms with Crippen molar-refractivity contribution in [2.24, 2.45) is 5.92 Å². The molecule has 0 aromatic heterocycles. The normalized spacial score (nSPS) is 24.9. The molecule has 0 bridgehead atoms. The molecule has 1 aromatic rings. The quantitative estimate of drug-likeness (QED) is 0.902. The zero-order valence-corrected chi connectivity index (χ0v) is 15.8. The van der Waals surface area contributed by atoms with Crippen molar-refractivity contribution in [2.75, 3.05) is 24.5 Å². The van der Waals surface area contributed by atoms with Crippen LogP contribution in [0.5, 0.6) is 0 Å². The molecule has 26 heavy (non-hydrogen) atoms. The highest BCUT2D eigenvalue weighted by Gasteiger charge is 2.37. The van der Waals surface area contributed by atoms with Crippen molar-refractivity contribution in [3.05, 3.63) is 29.3 Å². The molecule has 1 N–H and O–H groups in total. The molecular weight excluding hydrogens is 326 g/mol. The fourth-order valence-electron chi connectivity index (χ4n) is 4.31. The lowest BCUT2D eigenvalue weighted by atomic mass is 10.0. The van der Waals surface area contributed by atoms with E-state index in [4.69, 9.17) is 0 Å². The Morgan fingerprint density at radius 2 is 1.85 bits per heavy atom. The molecule has 0 radical (unpaired) electrons. The molecule has 3 fully saturated rings. The molecule has 2 saturated heterocycles. The van der Waals surface area contributed by atoms with E-state index >= 15 is 0 Å². The third kappa shape index (κ3) is 3.50. The van der Waals surface area contributed by atoms with Crippen molar-refractivity contribution in [2.45, 2.75) is 58.0 Å². The minimum absolute atomic E-state index is 0.0519. The summed E-state index contributed by atoms with van der Waals surface area (Å²) in [6.45, 7) is 6.77. The number of hydrogen-bond donors (Lipinski definition) is 1. The Kier molecular flexibility index (Phi) is 4.74. The lowest BCUT2D eigenvalue weighted by molar-refractivity contribution is -0.127. The Balaban J connectivity index is 1.34. The number of benzene rings is 1. The molecule has 0 spiro atoms. The summed E-state index contributed by atoms with van der Waals surface area (Å²) in [6, 6.07) is 7.09. The van der Waals surface area contributed by atoms with Gasteiger partial charge >= 0.3 is 0 Å². The van der Waals surface area contributed by atoms with Crippen LogP contribution in [0.25, 0.3) is 0 Å². The number of likely N-dealkylation sites (tertiary alicyclic amines) is 1. The van der Waals surface area contributed by atoms with Crippen LogP contribution in [0.1, 0.15) is 43.2 Å². The van der Waals surface area contributed by atoms with E-state index in [9.17, 15) is 9.59 Å². The molecule has 2 aliphatic heterocycles. The maximum Gasteiger partial charge on any atom is 0.227 e. The Bertz CT molecular complexity index is 705. The van der Waals surface area contributed by atoms with Crippen LogP contribution in [-0.4, -0.2) is 48.4 Å².